The van der Waals surface area contributed by atoms with Crippen molar-refractivity contribution in [3.63, 3.8) is 0 Å². The maximum Gasteiger partial charge on any atom is 0.416 e. The summed E-state index contributed by atoms with van der Waals surface area (Å²) >= 11 is 0. The lowest BCUT2D eigenvalue weighted by Crippen LogP contribution is -2.41. The smallest absolute Gasteiger partial charge is 0.369 e. The van der Waals surface area contributed by atoms with Crippen LogP contribution in [0.3, 0.4) is 0 Å². The number of halogens is 3. The third-order valence-electron chi connectivity index (χ3n) is 4.61. The Morgan fingerprint density at radius 3 is 2.73 bits per heavy atom. The third-order valence-corrected chi connectivity index (χ3v) is 4.61. The number of alkyl halides is 3. The standard InChI is InChI=1S/C16H20F3N3/c17-16(18,19)12-4-2-1-3-11(12)8-15-21-13-6-5-10(9-20)7-14(13)22-15/h1-4,10,13-14H,5-9,20H2,(H,21,22). The molecule has 22 heavy (non-hydrogen) atoms. The van der Waals surface area contributed by atoms with E-state index < -0.39 is 11.7 Å². The van der Waals surface area contributed by atoms with Crippen molar-refractivity contribution in [2.45, 2.75) is 43.9 Å². The lowest BCUT2D eigenvalue weighted by molar-refractivity contribution is -0.138. The SMILES string of the molecule is NCC1CCC2N=C(Cc3ccccc3C(F)(F)F)NC2C1. The first-order chi connectivity index (χ1) is 10.5. The fourth-order valence-electron chi connectivity index (χ4n) is 3.44. The van der Waals surface area contributed by atoms with Crippen molar-refractivity contribution in [2.75, 3.05) is 6.54 Å². The molecule has 3 rings (SSSR count). The van der Waals surface area contributed by atoms with Gasteiger partial charge in [-0.15, -0.1) is 0 Å². The molecule has 1 aromatic rings. The van der Waals surface area contributed by atoms with E-state index in [4.69, 9.17) is 5.73 Å². The number of hydrogen-bond acceptors (Lipinski definition) is 3. The Balaban J connectivity index is 1.73. The van der Waals surface area contributed by atoms with Crippen LogP contribution in [0.2, 0.25) is 0 Å². The summed E-state index contributed by atoms with van der Waals surface area (Å²) in [7, 11) is 0. The molecule has 3 N–H and O–H groups in total. The van der Waals surface area contributed by atoms with Crippen molar-refractivity contribution in [3.8, 4) is 0 Å². The highest BCUT2D eigenvalue weighted by Crippen LogP contribution is 2.33. The van der Waals surface area contributed by atoms with E-state index in [0.29, 0.717) is 18.3 Å². The second-order valence-corrected chi connectivity index (χ2v) is 6.14. The van der Waals surface area contributed by atoms with Crippen LogP contribution < -0.4 is 11.1 Å². The van der Waals surface area contributed by atoms with Crippen LogP contribution in [0, 0.1) is 5.92 Å². The summed E-state index contributed by atoms with van der Waals surface area (Å²) < 4.78 is 39.1. The highest BCUT2D eigenvalue weighted by molar-refractivity contribution is 5.87. The first-order valence-corrected chi connectivity index (χ1v) is 7.65. The second-order valence-electron chi connectivity index (χ2n) is 6.14. The second kappa shape index (κ2) is 5.91. The summed E-state index contributed by atoms with van der Waals surface area (Å²) in [4.78, 5) is 4.59. The molecule has 1 aliphatic carbocycles. The minimum atomic E-state index is -4.33. The monoisotopic (exact) mass is 311 g/mol. The average molecular weight is 311 g/mol. The minimum absolute atomic E-state index is 0.191. The van der Waals surface area contributed by atoms with Gasteiger partial charge < -0.3 is 11.1 Å². The molecule has 0 spiro atoms. The number of nitrogens with zero attached hydrogens (tertiary/aromatic N) is 1. The van der Waals surface area contributed by atoms with Gasteiger partial charge in [-0.2, -0.15) is 13.2 Å². The van der Waals surface area contributed by atoms with Crippen LogP contribution in [0.25, 0.3) is 0 Å². The maximum atomic E-state index is 13.0. The number of benzene rings is 1. The number of nitrogens with two attached hydrogens (primary N) is 1. The number of amidine groups is 1. The summed E-state index contributed by atoms with van der Waals surface area (Å²) in [5.74, 6) is 1.16. The number of rotatable bonds is 3. The number of nitrogens with one attached hydrogen (secondary N) is 1. The summed E-state index contributed by atoms with van der Waals surface area (Å²) in [5.41, 5.74) is 5.42. The van der Waals surface area contributed by atoms with E-state index in [1.165, 1.54) is 12.1 Å². The lowest BCUT2D eigenvalue weighted by Gasteiger charge is -2.29. The molecule has 3 unspecified atom stereocenters. The highest BCUT2D eigenvalue weighted by Gasteiger charge is 2.36. The molecule has 2 aliphatic rings. The summed E-state index contributed by atoms with van der Waals surface area (Å²) in [6.07, 6.45) is -1.16. The molecule has 1 aliphatic heterocycles. The quantitative estimate of drug-likeness (QED) is 0.902. The molecular formula is C16H20F3N3. The number of aliphatic imine (C=N–C) groups is 1. The molecule has 0 amide bonds. The van der Waals surface area contributed by atoms with Gasteiger partial charge in [0.1, 0.15) is 5.84 Å². The molecule has 1 aromatic carbocycles. The fourth-order valence-corrected chi connectivity index (χ4v) is 3.44. The molecule has 0 saturated heterocycles. The zero-order valence-corrected chi connectivity index (χ0v) is 12.2. The van der Waals surface area contributed by atoms with E-state index in [2.05, 4.69) is 10.3 Å². The zero-order valence-electron chi connectivity index (χ0n) is 12.2. The molecule has 1 fully saturated rings. The Kier molecular flexibility index (Phi) is 4.12. The Morgan fingerprint density at radius 1 is 1.23 bits per heavy atom. The van der Waals surface area contributed by atoms with Gasteiger partial charge in [0, 0.05) is 12.5 Å². The number of fused-ring (bicyclic) bond motifs is 1. The minimum Gasteiger partial charge on any atom is -0.369 e. The Morgan fingerprint density at radius 2 is 2.00 bits per heavy atom. The first kappa shape index (κ1) is 15.3. The van der Waals surface area contributed by atoms with Gasteiger partial charge in [-0.25, -0.2) is 0 Å². The predicted molar refractivity (Wildman–Crippen MR) is 79.7 cm³/mol. The third kappa shape index (κ3) is 3.11. The fraction of sp³-hybridized carbons (Fsp3) is 0.562. The van der Waals surface area contributed by atoms with Gasteiger partial charge >= 0.3 is 6.18 Å². The normalized spacial score (nSPS) is 28.0. The Bertz CT molecular complexity index is 568. The van der Waals surface area contributed by atoms with Gasteiger partial charge in [-0.05, 0) is 43.4 Å². The van der Waals surface area contributed by atoms with E-state index in [0.717, 1.165) is 25.3 Å². The molecule has 3 nitrogen and oxygen atoms in total. The molecule has 0 bridgehead atoms. The summed E-state index contributed by atoms with van der Waals surface area (Å²) in [6, 6.07) is 6.13. The van der Waals surface area contributed by atoms with Gasteiger partial charge in [0.25, 0.3) is 0 Å². The van der Waals surface area contributed by atoms with E-state index in [-0.39, 0.29) is 24.1 Å². The van der Waals surface area contributed by atoms with Gasteiger partial charge in [0.15, 0.2) is 0 Å². The van der Waals surface area contributed by atoms with Crippen LogP contribution >= 0.6 is 0 Å². The van der Waals surface area contributed by atoms with E-state index >= 15 is 0 Å². The van der Waals surface area contributed by atoms with Gasteiger partial charge in [-0.3, -0.25) is 4.99 Å². The molecular weight excluding hydrogens is 291 g/mol. The molecule has 1 saturated carbocycles. The van der Waals surface area contributed by atoms with Gasteiger partial charge in [0.05, 0.1) is 11.6 Å². The van der Waals surface area contributed by atoms with Crippen molar-refractivity contribution in [3.05, 3.63) is 35.4 Å². The van der Waals surface area contributed by atoms with Crippen LogP contribution in [-0.2, 0) is 12.6 Å². The highest BCUT2D eigenvalue weighted by atomic mass is 19.4. The molecule has 0 aromatic heterocycles. The Labute approximate surface area is 127 Å². The van der Waals surface area contributed by atoms with E-state index in [1.54, 1.807) is 6.07 Å². The predicted octanol–water partition coefficient (Wildman–Crippen LogP) is 2.75. The van der Waals surface area contributed by atoms with Gasteiger partial charge in [-0.1, -0.05) is 18.2 Å². The maximum absolute atomic E-state index is 13.0. The number of hydrogen-bond donors (Lipinski definition) is 2. The zero-order chi connectivity index (χ0) is 15.7. The van der Waals surface area contributed by atoms with Crippen LogP contribution in [0.1, 0.15) is 30.4 Å². The lowest BCUT2D eigenvalue weighted by atomic mass is 9.83. The van der Waals surface area contributed by atoms with Crippen molar-refractivity contribution in [1.29, 1.82) is 0 Å². The summed E-state index contributed by atoms with van der Waals surface area (Å²) in [6.45, 7) is 0.664. The molecule has 3 atom stereocenters. The largest absolute Gasteiger partial charge is 0.416 e. The summed E-state index contributed by atoms with van der Waals surface area (Å²) in [5, 5.41) is 3.31. The average Bonchev–Trinajstić information content (AvgIpc) is 2.87. The Hall–Kier alpha value is -1.56. The van der Waals surface area contributed by atoms with Crippen LogP contribution in [-0.4, -0.2) is 24.5 Å². The van der Waals surface area contributed by atoms with Crippen molar-refractivity contribution < 1.29 is 13.2 Å². The first-order valence-electron chi connectivity index (χ1n) is 7.65. The topological polar surface area (TPSA) is 50.4 Å². The molecule has 1 heterocycles. The van der Waals surface area contributed by atoms with E-state index in [9.17, 15) is 13.2 Å². The molecule has 120 valence electrons. The van der Waals surface area contributed by atoms with Crippen molar-refractivity contribution in [2.24, 2.45) is 16.6 Å². The molecule has 0 radical (unpaired) electrons. The van der Waals surface area contributed by atoms with Crippen LogP contribution in [0.15, 0.2) is 29.3 Å². The molecule has 6 heteroatoms. The van der Waals surface area contributed by atoms with Crippen LogP contribution in [0.5, 0.6) is 0 Å². The van der Waals surface area contributed by atoms with Gasteiger partial charge in [0.2, 0.25) is 0 Å². The van der Waals surface area contributed by atoms with Crippen molar-refractivity contribution in [1.82, 2.24) is 5.32 Å². The van der Waals surface area contributed by atoms with Crippen LogP contribution in [0.4, 0.5) is 13.2 Å². The van der Waals surface area contributed by atoms with Crippen molar-refractivity contribution >= 4 is 5.84 Å². The van der Waals surface area contributed by atoms with E-state index in [1.807, 2.05) is 0 Å².